The third-order valence-corrected chi connectivity index (χ3v) is 3.87. The van der Waals surface area contributed by atoms with E-state index in [0.29, 0.717) is 5.82 Å². The van der Waals surface area contributed by atoms with Gasteiger partial charge in [-0.25, -0.2) is 19.9 Å². The molecule has 0 saturated carbocycles. The maximum atomic E-state index is 4.74. The third kappa shape index (κ3) is 2.37. The van der Waals surface area contributed by atoms with Crippen molar-refractivity contribution in [1.82, 2.24) is 30.1 Å². The van der Waals surface area contributed by atoms with Gasteiger partial charge < -0.3 is 10.2 Å². The lowest BCUT2D eigenvalue weighted by Crippen LogP contribution is -2.31. The van der Waals surface area contributed by atoms with Crippen LogP contribution in [0.3, 0.4) is 0 Å². The Balaban J connectivity index is 1.75. The molecular weight excluding hydrogens is 292 g/mol. The number of nitrogens with one attached hydrogen (secondary N) is 2. The molecule has 3 aromatic rings. The highest BCUT2D eigenvalue weighted by Gasteiger charge is 2.18. The van der Waals surface area contributed by atoms with Crippen molar-refractivity contribution in [1.29, 1.82) is 0 Å². The van der Waals surface area contributed by atoms with Crippen LogP contribution in [0.15, 0.2) is 24.7 Å². The van der Waals surface area contributed by atoms with Crippen LogP contribution in [0.2, 0.25) is 0 Å². The second-order valence-electron chi connectivity index (χ2n) is 5.44. The van der Waals surface area contributed by atoms with E-state index in [1.165, 1.54) is 6.33 Å². The molecular formula is C15H16N8. The lowest BCUT2D eigenvalue weighted by Gasteiger charge is -2.26. The minimum atomic E-state index is 0.653. The quantitative estimate of drug-likeness (QED) is 0.740. The van der Waals surface area contributed by atoms with E-state index in [2.05, 4.69) is 35.4 Å². The van der Waals surface area contributed by atoms with Gasteiger partial charge in [-0.2, -0.15) is 5.10 Å². The molecule has 0 bridgehead atoms. The van der Waals surface area contributed by atoms with Gasteiger partial charge in [-0.1, -0.05) is 0 Å². The predicted molar refractivity (Wildman–Crippen MR) is 87.1 cm³/mol. The molecule has 4 heterocycles. The lowest BCUT2D eigenvalue weighted by atomic mass is 10.1. The molecule has 2 N–H and O–H groups in total. The zero-order valence-electron chi connectivity index (χ0n) is 12.9. The predicted octanol–water partition coefficient (Wildman–Crippen LogP) is 1.49. The maximum absolute atomic E-state index is 4.74. The second-order valence-corrected chi connectivity index (χ2v) is 5.44. The summed E-state index contributed by atoms with van der Waals surface area (Å²) in [6.07, 6.45) is 3.25. The Morgan fingerprint density at radius 2 is 2.04 bits per heavy atom. The fourth-order valence-corrected chi connectivity index (χ4v) is 2.64. The van der Waals surface area contributed by atoms with E-state index < -0.39 is 0 Å². The summed E-state index contributed by atoms with van der Waals surface area (Å²) in [6.45, 7) is 3.75. The molecule has 0 saturated heterocycles. The molecule has 4 rings (SSSR count). The van der Waals surface area contributed by atoms with Gasteiger partial charge >= 0.3 is 0 Å². The van der Waals surface area contributed by atoms with Gasteiger partial charge in [0.15, 0.2) is 17.5 Å². The van der Waals surface area contributed by atoms with Crippen molar-refractivity contribution in [3.05, 3.63) is 30.4 Å². The summed E-state index contributed by atoms with van der Waals surface area (Å²) in [5, 5.41) is 9.94. The van der Waals surface area contributed by atoms with Gasteiger partial charge in [-0.3, -0.25) is 5.10 Å². The minimum Gasteiger partial charge on any atom is -0.365 e. The van der Waals surface area contributed by atoms with E-state index in [9.17, 15) is 0 Å². The molecule has 0 radical (unpaired) electrons. The highest BCUT2D eigenvalue weighted by molar-refractivity contribution is 5.70. The number of hydrogen-bond acceptors (Lipinski definition) is 7. The van der Waals surface area contributed by atoms with Crippen LogP contribution in [0.1, 0.15) is 5.69 Å². The van der Waals surface area contributed by atoms with Gasteiger partial charge in [0.2, 0.25) is 0 Å². The van der Waals surface area contributed by atoms with Crippen molar-refractivity contribution >= 4 is 11.6 Å². The van der Waals surface area contributed by atoms with Crippen LogP contribution in [-0.2, 0) is 0 Å². The minimum absolute atomic E-state index is 0.653. The Bertz CT molecular complexity index is 843. The Hall–Kier alpha value is -3.03. The van der Waals surface area contributed by atoms with Crippen molar-refractivity contribution in [2.45, 2.75) is 6.92 Å². The Kier molecular flexibility index (Phi) is 3.14. The third-order valence-electron chi connectivity index (χ3n) is 3.87. The topological polar surface area (TPSA) is 95.5 Å². The number of aryl methyl sites for hydroxylation is 1. The first-order chi connectivity index (χ1) is 11.2. The van der Waals surface area contributed by atoms with E-state index in [4.69, 9.17) is 4.98 Å². The number of fused-ring (bicyclic) bond motifs is 1. The first-order valence-electron chi connectivity index (χ1n) is 7.38. The monoisotopic (exact) mass is 308 g/mol. The highest BCUT2D eigenvalue weighted by atomic mass is 15.2. The van der Waals surface area contributed by atoms with E-state index in [-0.39, 0.29) is 0 Å². The van der Waals surface area contributed by atoms with Crippen LogP contribution in [0.4, 0.5) is 11.6 Å². The fraction of sp³-hybridized carbons (Fsp3) is 0.267. The zero-order valence-corrected chi connectivity index (χ0v) is 12.9. The number of likely N-dealkylation sites (N-methyl/N-ethyl adjacent to an activating group) is 1. The summed E-state index contributed by atoms with van der Waals surface area (Å²) >= 11 is 0. The molecule has 116 valence electrons. The zero-order chi connectivity index (χ0) is 15.8. The van der Waals surface area contributed by atoms with Crippen LogP contribution in [0.25, 0.3) is 22.8 Å². The Morgan fingerprint density at radius 3 is 2.83 bits per heavy atom. The summed E-state index contributed by atoms with van der Waals surface area (Å²) < 4.78 is 0. The van der Waals surface area contributed by atoms with Crippen LogP contribution in [0.5, 0.6) is 0 Å². The van der Waals surface area contributed by atoms with Gasteiger partial charge in [-0.05, 0) is 19.1 Å². The van der Waals surface area contributed by atoms with Crippen LogP contribution >= 0.6 is 0 Å². The number of pyridine rings is 1. The molecule has 0 aliphatic carbocycles. The van der Waals surface area contributed by atoms with Crippen molar-refractivity contribution < 1.29 is 0 Å². The number of hydrogen-bond donors (Lipinski definition) is 2. The van der Waals surface area contributed by atoms with Gasteiger partial charge in [0, 0.05) is 31.4 Å². The summed E-state index contributed by atoms with van der Waals surface area (Å²) in [5.41, 5.74) is 3.41. The molecule has 1 aliphatic heterocycles. The van der Waals surface area contributed by atoms with Crippen LogP contribution < -0.4 is 10.2 Å². The first kappa shape index (κ1) is 13.6. The number of aromatic amines is 1. The summed E-state index contributed by atoms with van der Waals surface area (Å²) in [4.78, 5) is 20.1. The molecule has 0 amide bonds. The Morgan fingerprint density at radius 1 is 1.13 bits per heavy atom. The van der Waals surface area contributed by atoms with Crippen LogP contribution in [-0.4, -0.2) is 50.3 Å². The maximum Gasteiger partial charge on any atom is 0.174 e. The fourth-order valence-electron chi connectivity index (χ4n) is 2.64. The second kappa shape index (κ2) is 5.31. The number of nitrogens with zero attached hydrogens (tertiary/aromatic N) is 6. The molecule has 1 aliphatic rings. The van der Waals surface area contributed by atoms with Gasteiger partial charge in [0.25, 0.3) is 0 Å². The molecule has 0 aromatic carbocycles. The van der Waals surface area contributed by atoms with Gasteiger partial charge in [0.05, 0.1) is 11.9 Å². The standard InChI is InChI=1S/C15H16N8/c1-9-10(3-4-11(20-9)13-18-8-19-22-13)12-7-17-14-15(21-12)23(2)6-5-16-14/h3-4,7-8H,5-6H2,1-2H3,(H,16,17)(H,18,19,22). The summed E-state index contributed by atoms with van der Waals surface area (Å²) in [6, 6.07) is 3.90. The number of H-pyrrole nitrogens is 1. The summed E-state index contributed by atoms with van der Waals surface area (Å²) in [7, 11) is 2.02. The molecule has 0 spiro atoms. The first-order valence-corrected chi connectivity index (χ1v) is 7.38. The number of aromatic nitrogens is 6. The normalized spacial score (nSPS) is 13.6. The Labute approximate surface area is 133 Å². The molecule has 8 heteroatoms. The van der Waals surface area contributed by atoms with E-state index in [1.54, 1.807) is 6.20 Å². The molecule has 3 aromatic heterocycles. The van der Waals surface area contributed by atoms with Gasteiger partial charge in [0.1, 0.15) is 12.0 Å². The molecule has 0 unspecified atom stereocenters. The van der Waals surface area contributed by atoms with Gasteiger partial charge in [-0.15, -0.1) is 0 Å². The average molecular weight is 308 g/mol. The molecule has 8 nitrogen and oxygen atoms in total. The largest absolute Gasteiger partial charge is 0.365 e. The van der Waals surface area contributed by atoms with Crippen molar-refractivity contribution in [3.8, 4) is 22.8 Å². The lowest BCUT2D eigenvalue weighted by molar-refractivity contribution is 0.851. The average Bonchev–Trinajstić information content (AvgIpc) is 3.09. The van der Waals surface area contributed by atoms with E-state index >= 15 is 0 Å². The molecule has 0 fully saturated rings. The van der Waals surface area contributed by atoms with Crippen LogP contribution in [0, 0.1) is 6.92 Å². The van der Waals surface area contributed by atoms with Crippen molar-refractivity contribution in [3.63, 3.8) is 0 Å². The van der Waals surface area contributed by atoms with E-state index in [1.807, 2.05) is 26.1 Å². The number of rotatable bonds is 2. The van der Waals surface area contributed by atoms with Crippen molar-refractivity contribution in [2.24, 2.45) is 0 Å². The number of anilines is 2. The SMILES string of the molecule is Cc1nc(-c2ncn[nH]2)ccc1-c1cnc2c(n1)N(C)CCN2. The molecule has 0 atom stereocenters. The van der Waals surface area contributed by atoms with E-state index in [0.717, 1.165) is 47.4 Å². The smallest absolute Gasteiger partial charge is 0.174 e. The van der Waals surface area contributed by atoms with Crippen molar-refractivity contribution in [2.75, 3.05) is 30.4 Å². The molecule has 23 heavy (non-hydrogen) atoms. The highest BCUT2D eigenvalue weighted by Crippen LogP contribution is 2.28. The summed E-state index contributed by atoms with van der Waals surface area (Å²) in [5.74, 6) is 2.35.